The van der Waals surface area contributed by atoms with Crippen LogP contribution >= 0.6 is 31.9 Å². The second kappa shape index (κ2) is 4.31. The van der Waals surface area contributed by atoms with Crippen LogP contribution in [0.1, 0.15) is 5.56 Å². The molecule has 1 fully saturated rings. The molecule has 1 atom stereocenters. The van der Waals surface area contributed by atoms with E-state index in [0.717, 1.165) is 16.6 Å². The van der Waals surface area contributed by atoms with E-state index in [-0.39, 0.29) is 11.9 Å². The van der Waals surface area contributed by atoms with Crippen LogP contribution < -0.4 is 4.74 Å². The molecule has 0 amide bonds. The molecule has 1 N–H and O–H groups in total. The summed E-state index contributed by atoms with van der Waals surface area (Å²) in [5.74, 6) is 0.642. The van der Waals surface area contributed by atoms with Gasteiger partial charge in [0.2, 0.25) is 0 Å². The SMILES string of the molecule is Cc1cc(Br)c(Br)c(O)c1OCC1CO1. The van der Waals surface area contributed by atoms with E-state index in [9.17, 15) is 5.11 Å². The highest BCUT2D eigenvalue weighted by Crippen LogP contribution is 2.42. The highest BCUT2D eigenvalue weighted by molar-refractivity contribution is 9.13. The molecule has 3 nitrogen and oxygen atoms in total. The topological polar surface area (TPSA) is 42.0 Å². The fourth-order valence-corrected chi connectivity index (χ4v) is 2.07. The Morgan fingerprint density at radius 3 is 2.87 bits per heavy atom. The van der Waals surface area contributed by atoms with Gasteiger partial charge in [0, 0.05) is 4.47 Å². The number of rotatable bonds is 3. The molecule has 1 aliphatic rings. The third-order valence-corrected chi connectivity index (χ3v) is 4.11. The van der Waals surface area contributed by atoms with Gasteiger partial charge in [-0.3, -0.25) is 0 Å². The van der Waals surface area contributed by atoms with Crippen LogP contribution in [0.15, 0.2) is 15.0 Å². The molecule has 1 aromatic carbocycles. The summed E-state index contributed by atoms with van der Waals surface area (Å²) in [5.41, 5.74) is 0.892. The predicted octanol–water partition coefficient (Wildman–Crippen LogP) is 3.00. The van der Waals surface area contributed by atoms with Crippen LogP contribution in [0.3, 0.4) is 0 Å². The van der Waals surface area contributed by atoms with Crippen molar-refractivity contribution in [3.8, 4) is 11.5 Å². The summed E-state index contributed by atoms with van der Waals surface area (Å²) in [6, 6.07) is 1.90. The quantitative estimate of drug-likeness (QED) is 0.862. The Balaban J connectivity index is 2.23. The number of halogens is 2. The van der Waals surface area contributed by atoms with Gasteiger partial charge in [-0.25, -0.2) is 0 Å². The Bertz CT molecular complexity index is 389. The van der Waals surface area contributed by atoms with Gasteiger partial charge < -0.3 is 14.6 Å². The Morgan fingerprint density at radius 1 is 1.60 bits per heavy atom. The monoisotopic (exact) mass is 336 g/mol. The molecular weight excluding hydrogens is 328 g/mol. The number of ether oxygens (including phenoxy) is 2. The lowest BCUT2D eigenvalue weighted by Gasteiger charge is -2.12. The van der Waals surface area contributed by atoms with Crippen molar-refractivity contribution in [2.45, 2.75) is 13.0 Å². The van der Waals surface area contributed by atoms with Crippen LogP contribution in [0.4, 0.5) is 0 Å². The van der Waals surface area contributed by atoms with E-state index in [1.54, 1.807) is 0 Å². The number of benzene rings is 1. The average Bonchev–Trinajstić information content (AvgIpc) is 2.98. The maximum atomic E-state index is 9.85. The van der Waals surface area contributed by atoms with Crippen molar-refractivity contribution < 1.29 is 14.6 Å². The molecule has 1 aromatic rings. The Morgan fingerprint density at radius 2 is 2.27 bits per heavy atom. The van der Waals surface area contributed by atoms with Crippen molar-refractivity contribution >= 4 is 31.9 Å². The lowest BCUT2D eigenvalue weighted by atomic mass is 10.2. The first-order chi connectivity index (χ1) is 7.09. The largest absolute Gasteiger partial charge is 0.503 e. The lowest BCUT2D eigenvalue weighted by Crippen LogP contribution is -2.05. The zero-order chi connectivity index (χ0) is 11.0. The van der Waals surface area contributed by atoms with Crippen LogP contribution in [0, 0.1) is 6.92 Å². The molecule has 0 saturated carbocycles. The Hall–Kier alpha value is -0.260. The molecule has 0 aromatic heterocycles. The highest BCUT2D eigenvalue weighted by atomic mass is 79.9. The van der Waals surface area contributed by atoms with Crippen molar-refractivity contribution in [3.63, 3.8) is 0 Å². The number of epoxide rings is 1. The van der Waals surface area contributed by atoms with E-state index in [4.69, 9.17) is 9.47 Å². The number of hydrogen-bond acceptors (Lipinski definition) is 3. The van der Waals surface area contributed by atoms with Crippen molar-refractivity contribution in [2.24, 2.45) is 0 Å². The van der Waals surface area contributed by atoms with Gasteiger partial charge in [0.05, 0.1) is 11.1 Å². The molecule has 2 rings (SSSR count). The van der Waals surface area contributed by atoms with Gasteiger partial charge in [0.15, 0.2) is 11.5 Å². The van der Waals surface area contributed by atoms with Crippen LogP contribution in [-0.2, 0) is 4.74 Å². The summed E-state index contributed by atoms with van der Waals surface area (Å²) in [6.07, 6.45) is 0.186. The minimum absolute atomic E-state index is 0.127. The highest BCUT2D eigenvalue weighted by Gasteiger charge is 2.24. The first-order valence-electron chi connectivity index (χ1n) is 4.51. The van der Waals surface area contributed by atoms with Gasteiger partial charge in [-0.2, -0.15) is 0 Å². The fourth-order valence-electron chi connectivity index (χ4n) is 1.24. The number of phenolic OH excluding ortho intramolecular Hbond substituents is 1. The fraction of sp³-hybridized carbons (Fsp3) is 0.400. The van der Waals surface area contributed by atoms with Gasteiger partial charge in [-0.05, 0) is 50.4 Å². The van der Waals surface area contributed by atoms with Crippen LogP contribution in [0.5, 0.6) is 11.5 Å². The van der Waals surface area contributed by atoms with E-state index in [1.165, 1.54) is 0 Å². The molecule has 1 saturated heterocycles. The summed E-state index contributed by atoms with van der Waals surface area (Å²) in [6.45, 7) is 3.12. The molecule has 82 valence electrons. The smallest absolute Gasteiger partial charge is 0.173 e. The van der Waals surface area contributed by atoms with Crippen LogP contribution in [0.25, 0.3) is 0 Å². The van der Waals surface area contributed by atoms with Crippen LogP contribution in [0.2, 0.25) is 0 Å². The van der Waals surface area contributed by atoms with Gasteiger partial charge in [-0.1, -0.05) is 0 Å². The molecule has 15 heavy (non-hydrogen) atoms. The summed E-state index contributed by atoms with van der Waals surface area (Å²) >= 11 is 6.61. The van der Waals surface area contributed by atoms with E-state index in [0.29, 0.717) is 16.8 Å². The van der Waals surface area contributed by atoms with Crippen molar-refractivity contribution in [3.05, 3.63) is 20.6 Å². The van der Waals surface area contributed by atoms with Gasteiger partial charge in [0.1, 0.15) is 12.7 Å². The molecule has 5 heteroatoms. The van der Waals surface area contributed by atoms with Gasteiger partial charge >= 0.3 is 0 Å². The normalized spacial score (nSPS) is 19.0. The standard InChI is InChI=1S/C10H10Br2O3/c1-5-2-7(11)8(12)9(13)10(5)15-4-6-3-14-6/h2,6,13H,3-4H2,1H3. The summed E-state index contributed by atoms with van der Waals surface area (Å²) in [4.78, 5) is 0. The number of phenols is 1. The van der Waals surface area contributed by atoms with E-state index in [2.05, 4.69) is 31.9 Å². The molecular formula is C10H10Br2O3. The van der Waals surface area contributed by atoms with Gasteiger partial charge in [-0.15, -0.1) is 0 Å². The summed E-state index contributed by atoms with van der Waals surface area (Å²) < 4.78 is 12.0. The number of aromatic hydroxyl groups is 1. The molecule has 0 aliphatic carbocycles. The maximum Gasteiger partial charge on any atom is 0.173 e. The Kier molecular flexibility index (Phi) is 3.23. The van der Waals surface area contributed by atoms with Crippen molar-refractivity contribution in [1.29, 1.82) is 0 Å². The minimum Gasteiger partial charge on any atom is -0.503 e. The lowest BCUT2D eigenvalue weighted by molar-refractivity contribution is 0.252. The molecule has 1 unspecified atom stereocenters. The van der Waals surface area contributed by atoms with E-state index < -0.39 is 0 Å². The van der Waals surface area contributed by atoms with Gasteiger partial charge in [0.25, 0.3) is 0 Å². The first kappa shape index (κ1) is 11.2. The molecule has 1 heterocycles. The predicted molar refractivity (Wildman–Crippen MR) is 63.5 cm³/mol. The number of hydrogen-bond donors (Lipinski definition) is 1. The van der Waals surface area contributed by atoms with Crippen molar-refractivity contribution in [1.82, 2.24) is 0 Å². The first-order valence-corrected chi connectivity index (χ1v) is 6.10. The second-order valence-electron chi connectivity index (χ2n) is 3.43. The maximum absolute atomic E-state index is 9.85. The molecule has 0 spiro atoms. The zero-order valence-corrected chi connectivity index (χ0v) is 11.3. The molecule has 1 aliphatic heterocycles. The second-order valence-corrected chi connectivity index (χ2v) is 5.08. The third kappa shape index (κ3) is 2.46. The van der Waals surface area contributed by atoms with Crippen molar-refractivity contribution in [2.75, 3.05) is 13.2 Å². The van der Waals surface area contributed by atoms with Crippen LogP contribution in [-0.4, -0.2) is 24.4 Å². The van der Waals surface area contributed by atoms with E-state index >= 15 is 0 Å². The summed E-state index contributed by atoms with van der Waals surface area (Å²) in [7, 11) is 0. The minimum atomic E-state index is 0.127. The zero-order valence-electron chi connectivity index (χ0n) is 8.09. The summed E-state index contributed by atoms with van der Waals surface area (Å²) in [5, 5.41) is 9.85. The molecule has 0 bridgehead atoms. The Labute approximate surface area is 105 Å². The van der Waals surface area contributed by atoms with E-state index in [1.807, 2.05) is 13.0 Å². The average molecular weight is 338 g/mol. The third-order valence-electron chi connectivity index (χ3n) is 2.15. The number of aryl methyl sites for hydroxylation is 1. The molecule has 0 radical (unpaired) electrons.